The van der Waals surface area contributed by atoms with Gasteiger partial charge in [-0.2, -0.15) is 0 Å². The highest BCUT2D eigenvalue weighted by Gasteiger charge is 2.22. The number of rotatable bonds is 1. The maximum absolute atomic E-state index is 13.2. The Labute approximate surface area is 71.6 Å². The van der Waals surface area contributed by atoms with E-state index in [-0.39, 0.29) is 5.82 Å². The summed E-state index contributed by atoms with van der Waals surface area (Å²) in [5.74, 6) is -0.0507. The minimum atomic E-state index is -0.0507. The van der Waals surface area contributed by atoms with Gasteiger partial charge in [0.2, 0.25) is 0 Å². The molecule has 0 spiro atoms. The van der Waals surface area contributed by atoms with Gasteiger partial charge in [-0.15, -0.1) is 0 Å². The van der Waals surface area contributed by atoms with Crippen LogP contribution in [0.25, 0.3) is 0 Å². The molecule has 1 nitrogen and oxygen atoms in total. The van der Waals surface area contributed by atoms with Crippen molar-refractivity contribution in [3.8, 4) is 0 Å². The smallest absolute Gasteiger partial charge is 0.126 e. The van der Waals surface area contributed by atoms with Crippen molar-refractivity contribution < 1.29 is 4.39 Å². The Hall–Kier alpha value is -0.890. The summed E-state index contributed by atoms with van der Waals surface area (Å²) in [6.45, 7) is 0. The summed E-state index contributed by atoms with van der Waals surface area (Å²) in [7, 11) is 1.92. The molecule has 1 atom stereocenters. The van der Waals surface area contributed by atoms with Crippen molar-refractivity contribution in [1.29, 1.82) is 0 Å². The van der Waals surface area contributed by atoms with Crippen molar-refractivity contribution in [2.75, 3.05) is 7.05 Å². The van der Waals surface area contributed by atoms with Crippen LogP contribution in [0, 0.1) is 5.82 Å². The van der Waals surface area contributed by atoms with Crippen molar-refractivity contribution in [2.24, 2.45) is 0 Å². The molecule has 1 aliphatic rings. The van der Waals surface area contributed by atoms with E-state index in [4.69, 9.17) is 0 Å². The van der Waals surface area contributed by atoms with Crippen molar-refractivity contribution in [3.63, 3.8) is 0 Å². The molecule has 64 valence electrons. The lowest BCUT2D eigenvalue weighted by Crippen LogP contribution is -2.12. The standard InChI is InChI=1S/C10H12FN/c1-12-10-6-5-7-8(10)3-2-4-9(7)11/h2-4,10,12H,5-6H2,1H3/t10-/m1/s1. The number of hydrogen-bond acceptors (Lipinski definition) is 1. The number of fused-ring (bicyclic) bond motifs is 1. The molecule has 0 radical (unpaired) electrons. The van der Waals surface area contributed by atoms with Gasteiger partial charge in [-0.3, -0.25) is 0 Å². The van der Waals surface area contributed by atoms with Crippen molar-refractivity contribution in [3.05, 3.63) is 35.1 Å². The first kappa shape index (κ1) is 7.74. The third kappa shape index (κ3) is 1.03. The molecule has 12 heavy (non-hydrogen) atoms. The second-order valence-corrected chi connectivity index (χ2v) is 3.19. The van der Waals surface area contributed by atoms with Crippen LogP contribution >= 0.6 is 0 Å². The van der Waals surface area contributed by atoms with Crippen LogP contribution in [0.1, 0.15) is 23.6 Å². The van der Waals surface area contributed by atoms with E-state index in [0.29, 0.717) is 6.04 Å². The molecule has 2 rings (SSSR count). The van der Waals surface area contributed by atoms with Crippen LogP contribution < -0.4 is 5.32 Å². The molecule has 1 aliphatic carbocycles. The molecule has 0 heterocycles. The Morgan fingerprint density at radius 2 is 2.33 bits per heavy atom. The van der Waals surface area contributed by atoms with E-state index in [1.54, 1.807) is 6.07 Å². The number of benzene rings is 1. The van der Waals surface area contributed by atoms with E-state index < -0.39 is 0 Å². The molecule has 0 saturated carbocycles. The molecule has 1 N–H and O–H groups in total. The Morgan fingerprint density at radius 1 is 1.50 bits per heavy atom. The van der Waals surface area contributed by atoms with Crippen molar-refractivity contribution in [1.82, 2.24) is 5.32 Å². The predicted molar refractivity (Wildman–Crippen MR) is 46.5 cm³/mol. The van der Waals surface area contributed by atoms with Gasteiger partial charge in [-0.1, -0.05) is 12.1 Å². The van der Waals surface area contributed by atoms with Crippen molar-refractivity contribution in [2.45, 2.75) is 18.9 Å². The molecule has 1 aromatic rings. The Morgan fingerprint density at radius 3 is 3.08 bits per heavy atom. The number of hydrogen-bond donors (Lipinski definition) is 1. The van der Waals surface area contributed by atoms with Gasteiger partial charge in [0.1, 0.15) is 5.82 Å². The summed E-state index contributed by atoms with van der Waals surface area (Å²) < 4.78 is 13.2. The molecule has 0 saturated heterocycles. The second-order valence-electron chi connectivity index (χ2n) is 3.19. The van der Waals surface area contributed by atoms with Crippen LogP contribution in [0.5, 0.6) is 0 Å². The largest absolute Gasteiger partial charge is 0.313 e. The second kappa shape index (κ2) is 2.87. The molecule has 2 heteroatoms. The lowest BCUT2D eigenvalue weighted by molar-refractivity contribution is 0.589. The zero-order chi connectivity index (χ0) is 8.55. The average Bonchev–Trinajstić information content (AvgIpc) is 2.49. The molecule has 0 aromatic heterocycles. The van der Waals surface area contributed by atoms with Gasteiger partial charge in [0, 0.05) is 6.04 Å². The topological polar surface area (TPSA) is 12.0 Å². The van der Waals surface area contributed by atoms with Gasteiger partial charge >= 0.3 is 0 Å². The van der Waals surface area contributed by atoms with Gasteiger partial charge in [0.25, 0.3) is 0 Å². The van der Waals surface area contributed by atoms with E-state index in [1.165, 1.54) is 6.07 Å². The Kier molecular flexibility index (Phi) is 1.85. The molecule has 0 aliphatic heterocycles. The summed E-state index contributed by atoms with van der Waals surface area (Å²) in [5, 5.41) is 3.18. The van der Waals surface area contributed by atoms with Crippen LogP contribution in [0.3, 0.4) is 0 Å². The van der Waals surface area contributed by atoms with Crippen LogP contribution in [-0.2, 0) is 6.42 Å². The third-order valence-electron chi connectivity index (χ3n) is 2.56. The average molecular weight is 165 g/mol. The monoisotopic (exact) mass is 165 g/mol. The van der Waals surface area contributed by atoms with E-state index in [0.717, 1.165) is 24.0 Å². The molecule has 0 amide bonds. The minimum Gasteiger partial charge on any atom is -0.313 e. The summed E-state index contributed by atoms with van der Waals surface area (Å²) in [5.41, 5.74) is 2.04. The van der Waals surface area contributed by atoms with E-state index in [1.807, 2.05) is 13.1 Å². The van der Waals surface area contributed by atoms with Gasteiger partial charge in [0.05, 0.1) is 0 Å². The zero-order valence-corrected chi connectivity index (χ0v) is 7.10. The zero-order valence-electron chi connectivity index (χ0n) is 7.10. The van der Waals surface area contributed by atoms with Crippen LogP contribution in [0.4, 0.5) is 4.39 Å². The highest BCUT2D eigenvalue weighted by molar-refractivity contribution is 5.35. The van der Waals surface area contributed by atoms with Gasteiger partial charge in [-0.25, -0.2) is 4.39 Å². The summed E-state index contributed by atoms with van der Waals surface area (Å²) >= 11 is 0. The molecule has 0 unspecified atom stereocenters. The highest BCUT2D eigenvalue weighted by Crippen LogP contribution is 2.31. The molecule has 1 aromatic carbocycles. The van der Waals surface area contributed by atoms with Gasteiger partial charge < -0.3 is 5.32 Å². The van der Waals surface area contributed by atoms with Gasteiger partial charge in [-0.05, 0) is 37.1 Å². The fourth-order valence-electron chi connectivity index (χ4n) is 1.91. The maximum Gasteiger partial charge on any atom is 0.126 e. The summed E-state index contributed by atoms with van der Waals surface area (Å²) in [6, 6.07) is 5.68. The lowest BCUT2D eigenvalue weighted by atomic mass is 10.1. The first-order valence-electron chi connectivity index (χ1n) is 4.27. The Balaban J connectivity index is 2.46. The maximum atomic E-state index is 13.2. The Bertz CT molecular complexity index is 296. The fraction of sp³-hybridized carbons (Fsp3) is 0.400. The molecule has 0 bridgehead atoms. The highest BCUT2D eigenvalue weighted by atomic mass is 19.1. The van der Waals surface area contributed by atoms with Crippen molar-refractivity contribution >= 4 is 0 Å². The van der Waals surface area contributed by atoms with E-state index in [9.17, 15) is 4.39 Å². The first-order valence-corrected chi connectivity index (χ1v) is 4.27. The van der Waals surface area contributed by atoms with E-state index in [2.05, 4.69) is 5.32 Å². The lowest BCUT2D eigenvalue weighted by Gasteiger charge is -2.08. The fourth-order valence-corrected chi connectivity index (χ4v) is 1.91. The van der Waals surface area contributed by atoms with Crippen LogP contribution in [-0.4, -0.2) is 7.05 Å². The molecular formula is C10H12FN. The number of halogens is 1. The van der Waals surface area contributed by atoms with E-state index >= 15 is 0 Å². The predicted octanol–water partition coefficient (Wildman–Crippen LogP) is 2.03. The van der Waals surface area contributed by atoms with Gasteiger partial charge in [0.15, 0.2) is 0 Å². The van der Waals surface area contributed by atoms with Crippen LogP contribution in [0.15, 0.2) is 18.2 Å². The quantitative estimate of drug-likeness (QED) is 0.671. The third-order valence-corrected chi connectivity index (χ3v) is 2.56. The SMILES string of the molecule is CN[C@@H]1CCc2c(F)cccc21. The molecular weight excluding hydrogens is 153 g/mol. The number of nitrogens with one attached hydrogen (secondary N) is 1. The summed E-state index contributed by atoms with van der Waals surface area (Å²) in [4.78, 5) is 0. The first-order chi connectivity index (χ1) is 5.83. The normalized spacial score (nSPS) is 21.0. The van der Waals surface area contributed by atoms with Crippen LogP contribution in [0.2, 0.25) is 0 Å². The minimum absolute atomic E-state index is 0.0507. The molecule has 0 fully saturated rings. The summed E-state index contributed by atoms with van der Waals surface area (Å²) in [6.07, 6.45) is 1.89.